The number of hydrogen-bond donors (Lipinski definition) is 1. The third-order valence-corrected chi connectivity index (χ3v) is 3.09. The highest BCUT2D eigenvalue weighted by Crippen LogP contribution is 2.29. The molecule has 1 N–H and O–H groups in total. The van der Waals surface area contributed by atoms with E-state index in [1.807, 2.05) is 6.92 Å². The Bertz CT molecular complexity index is 651. The number of hydrogen-bond acceptors (Lipinski definition) is 3. The summed E-state index contributed by atoms with van der Waals surface area (Å²) in [6, 6.07) is 13.4. The Morgan fingerprint density at radius 3 is 2.43 bits per heavy atom. The Morgan fingerprint density at radius 2 is 1.81 bits per heavy atom. The van der Waals surface area contributed by atoms with Gasteiger partial charge in [-0.15, -0.1) is 0 Å². The van der Waals surface area contributed by atoms with E-state index in [0.717, 1.165) is 6.42 Å². The van der Waals surface area contributed by atoms with Gasteiger partial charge in [0.15, 0.2) is 0 Å². The van der Waals surface area contributed by atoms with Crippen molar-refractivity contribution < 1.29 is 9.72 Å². The molecule has 0 aromatic heterocycles. The van der Waals surface area contributed by atoms with Crippen LogP contribution in [0.2, 0.25) is 0 Å². The number of rotatable bonds is 5. The maximum absolute atomic E-state index is 11.8. The van der Waals surface area contributed by atoms with Gasteiger partial charge in [-0.25, -0.2) is 0 Å². The van der Waals surface area contributed by atoms with Crippen molar-refractivity contribution in [3.05, 3.63) is 64.2 Å². The molecule has 0 bridgehead atoms. The minimum absolute atomic E-state index is 0.0562. The highest BCUT2D eigenvalue weighted by Gasteiger charge is 2.14. The topological polar surface area (TPSA) is 72.2 Å². The van der Waals surface area contributed by atoms with E-state index in [0.29, 0.717) is 23.2 Å². The van der Waals surface area contributed by atoms with E-state index in [1.165, 1.54) is 6.07 Å². The second-order valence-corrected chi connectivity index (χ2v) is 4.61. The first-order valence-electron chi connectivity index (χ1n) is 6.75. The largest absolute Gasteiger partial charge is 0.352 e. The Labute approximate surface area is 122 Å². The lowest BCUT2D eigenvalue weighted by Crippen LogP contribution is -2.23. The van der Waals surface area contributed by atoms with Crippen LogP contribution in [0.5, 0.6) is 0 Å². The Hall–Kier alpha value is -2.69. The van der Waals surface area contributed by atoms with E-state index in [2.05, 4.69) is 5.32 Å². The van der Waals surface area contributed by atoms with Gasteiger partial charge in [0, 0.05) is 18.2 Å². The zero-order valence-corrected chi connectivity index (χ0v) is 11.7. The Balaban J connectivity index is 2.27. The van der Waals surface area contributed by atoms with Gasteiger partial charge in [0.25, 0.3) is 11.6 Å². The van der Waals surface area contributed by atoms with Gasteiger partial charge in [-0.05, 0) is 30.2 Å². The van der Waals surface area contributed by atoms with Crippen LogP contribution in [0.4, 0.5) is 5.69 Å². The molecule has 2 aromatic rings. The van der Waals surface area contributed by atoms with Crippen LogP contribution in [0.1, 0.15) is 23.7 Å². The number of nitrogens with zero attached hydrogens (tertiary/aromatic N) is 1. The number of nitro groups is 1. The summed E-state index contributed by atoms with van der Waals surface area (Å²) in [7, 11) is 0. The van der Waals surface area contributed by atoms with E-state index >= 15 is 0 Å². The average molecular weight is 284 g/mol. The molecule has 2 aromatic carbocycles. The van der Waals surface area contributed by atoms with Crippen LogP contribution >= 0.6 is 0 Å². The van der Waals surface area contributed by atoms with Crippen LogP contribution in [0.3, 0.4) is 0 Å². The molecule has 0 saturated heterocycles. The predicted octanol–water partition coefficient (Wildman–Crippen LogP) is 3.40. The van der Waals surface area contributed by atoms with Crippen LogP contribution in [0.15, 0.2) is 48.5 Å². The van der Waals surface area contributed by atoms with E-state index in [-0.39, 0.29) is 11.6 Å². The molecular formula is C16H16N2O3. The van der Waals surface area contributed by atoms with Gasteiger partial charge in [-0.2, -0.15) is 0 Å². The summed E-state index contributed by atoms with van der Waals surface area (Å²) in [5.41, 5.74) is 1.86. The molecule has 0 aliphatic rings. The maximum atomic E-state index is 11.8. The number of nitro benzene ring substituents is 1. The highest BCUT2D eigenvalue weighted by atomic mass is 16.6. The summed E-state index contributed by atoms with van der Waals surface area (Å²) in [5.74, 6) is -0.133. The molecule has 0 spiro atoms. The van der Waals surface area contributed by atoms with Gasteiger partial charge in [-0.1, -0.05) is 31.2 Å². The van der Waals surface area contributed by atoms with Crippen LogP contribution in [-0.2, 0) is 0 Å². The number of benzene rings is 2. The Morgan fingerprint density at radius 1 is 1.14 bits per heavy atom. The Kier molecular flexibility index (Phi) is 4.66. The van der Waals surface area contributed by atoms with E-state index in [4.69, 9.17) is 0 Å². The quantitative estimate of drug-likeness (QED) is 0.675. The lowest BCUT2D eigenvalue weighted by Gasteiger charge is -2.06. The third-order valence-electron chi connectivity index (χ3n) is 3.09. The average Bonchev–Trinajstić information content (AvgIpc) is 2.52. The van der Waals surface area contributed by atoms with E-state index < -0.39 is 4.92 Å². The fourth-order valence-electron chi connectivity index (χ4n) is 2.02. The van der Waals surface area contributed by atoms with Crippen LogP contribution in [-0.4, -0.2) is 17.4 Å². The molecule has 5 heteroatoms. The molecule has 108 valence electrons. The van der Waals surface area contributed by atoms with Crippen molar-refractivity contribution in [3.63, 3.8) is 0 Å². The second kappa shape index (κ2) is 6.65. The maximum Gasteiger partial charge on any atom is 0.277 e. The minimum atomic E-state index is -0.406. The summed E-state index contributed by atoms with van der Waals surface area (Å²) in [4.78, 5) is 22.4. The van der Waals surface area contributed by atoms with Crippen molar-refractivity contribution in [2.24, 2.45) is 0 Å². The number of nitrogens with one attached hydrogen (secondary N) is 1. The molecule has 0 aliphatic heterocycles. The summed E-state index contributed by atoms with van der Waals surface area (Å²) >= 11 is 0. The summed E-state index contributed by atoms with van der Waals surface area (Å²) < 4.78 is 0. The molecule has 0 unspecified atom stereocenters. The standard InChI is InChI=1S/C16H16N2O3/c1-2-11-17-16(19)13-9-7-12(8-10-13)14-5-3-4-6-15(14)18(20)21/h3-10H,2,11H2,1H3,(H,17,19). The van der Waals surface area contributed by atoms with Gasteiger partial charge in [0.1, 0.15) is 0 Å². The first kappa shape index (κ1) is 14.7. The van der Waals surface area contributed by atoms with Gasteiger partial charge in [0.2, 0.25) is 0 Å². The monoisotopic (exact) mass is 284 g/mol. The van der Waals surface area contributed by atoms with Gasteiger partial charge in [-0.3, -0.25) is 14.9 Å². The fraction of sp³-hybridized carbons (Fsp3) is 0.188. The molecule has 0 atom stereocenters. The molecule has 0 aliphatic carbocycles. The first-order chi connectivity index (χ1) is 10.1. The van der Waals surface area contributed by atoms with Crippen LogP contribution in [0, 0.1) is 10.1 Å². The minimum Gasteiger partial charge on any atom is -0.352 e. The number of carbonyl (C=O) groups excluding carboxylic acids is 1. The summed E-state index contributed by atoms with van der Waals surface area (Å²) in [5, 5.41) is 13.8. The third kappa shape index (κ3) is 3.45. The first-order valence-corrected chi connectivity index (χ1v) is 6.75. The summed E-state index contributed by atoms with van der Waals surface area (Å²) in [6.45, 7) is 2.61. The van der Waals surface area contributed by atoms with Crippen molar-refractivity contribution in [1.82, 2.24) is 5.32 Å². The van der Waals surface area contributed by atoms with E-state index in [9.17, 15) is 14.9 Å². The SMILES string of the molecule is CCCNC(=O)c1ccc(-c2ccccc2[N+](=O)[O-])cc1. The molecule has 0 radical (unpaired) electrons. The number of carbonyl (C=O) groups is 1. The molecule has 1 amide bonds. The zero-order valence-electron chi connectivity index (χ0n) is 11.7. The number of para-hydroxylation sites is 1. The van der Waals surface area contributed by atoms with Crippen LogP contribution in [0.25, 0.3) is 11.1 Å². The molecule has 2 rings (SSSR count). The van der Waals surface area contributed by atoms with Crippen molar-refractivity contribution >= 4 is 11.6 Å². The van der Waals surface area contributed by atoms with Gasteiger partial charge >= 0.3 is 0 Å². The van der Waals surface area contributed by atoms with E-state index in [1.54, 1.807) is 42.5 Å². The normalized spacial score (nSPS) is 10.1. The lowest BCUT2D eigenvalue weighted by molar-refractivity contribution is -0.384. The fourth-order valence-corrected chi connectivity index (χ4v) is 2.02. The van der Waals surface area contributed by atoms with Crippen molar-refractivity contribution in [2.75, 3.05) is 6.54 Å². The van der Waals surface area contributed by atoms with Crippen LogP contribution < -0.4 is 5.32 Å². The number of amides is 1. The molecule has 0 fully saturated rings. The second-order valence-electron chi connectivity index (χ2n) is 4.61. The molecule has 21 heavy (non-hydrogen) atoms. The van der Waals surface area contributed by atoms with Crippen molar-refractivity contribution in [2.45, 2.75) is 13.3 Å². The highest BCUT2D eigenvalue weighted by molar-refractivity contribution is 5.94. The van der Waals surface area contributed by atoms with Crippen molar-refractivity contribution in [3.8, 4) is 11.1 Å². The molecule has 0 heterocycles. The molecular weight excluding hydrogens is 268 g/mol. The van der Waals surface area contributed by atoms with Gasteiger partial charge < -0.3 is 5.32 Å². The van der Waals surface area contributed by atoms with Crippen molar-refractivity contribution in [1.29, 1.82) is 0 Å². The van der Waals surface area contributed by atoms with Gasteiger partial charge in [0.05, 0.1) is 10.5 Å². The lowest BCUT2D eigenvalue weighted by atomic mass is 10.0. The molecule has 0 saturated carbocycles. The smallest absolute Gasteiger partial charge is 0.277 e. The molecule has 5 nitrogen and oxygen atoms in total. The predicted molar refractivity (Wildman–Crippen MR) is 81.2 cm³/mol. The zero-order chi connectivity index (χ0) is 15.2. The summed E-state index contributed by atoms with van der Waals surface area (Å²) in [6.07, 6.45) is 0.875.